The van der Waals surface area contributed by atoms with Gasteiger partial charge in [-0.1, -0.05) is 12.1 Å². The third-order valence-corrected chi connectivity index (χ3v) is 5.31. The first-order valence-corrected chi connectivity index (χ1v) is 9.49. The molecular weight excluding hydrogens is 340 g/mol. The summed E-state index contributed by atoms with van der Waals surface area (Å²) in [5.74, 6) is 2.44. The summed E-state index contributed by atoms with van der Waals surface area (Å²) >= 11 is 0. The maximum Gasteiger partial charge on any atom is 0.146 e. The van der Waals surface area contributed by atoms with Crippen LogP contribution >= 0.6 is 0 Å². The minimum Gasteiger partial charge on any atom is -0.395 e. The van der Waals surface area contributed by atoms with Crippen LogP contribution in [0.25, 0.3) is 0 Å². The van der Waals surface area contributed by atoms with Gasteiger partial charge in [0.25, 0.3) is 0 Å². The molecule has 1 aromatic carbocycles. The lowest BCUT2D eigenvalue weighted by Crippen LogP contribution is -2.33. The second-order valence-electron chi connectivity index (χ2n) is 7.36. The number of hydrogen-bond acceptors (Lipinski definition) is 6. The van der Waals surface area contributed by atoms with Crippen LogP contribution in [-0.2, 0) is 20.1 Å². The standard InChI is InChI=1S/C20H28N6O/c1-24(10-11-27)15-19-22-23-20(25(19)2)18-6-8-26(9-7-18)14-17-5-3-4-16(12-17)13-21/h3-5,12,18,27H,6-11,14-15H2,1-2H3. The number of piperidine rings is 1. The highest BCUT2D eigenvalue weighted by molar-refractivity contribution is 5.32. The third kappa shape index (κ3) is 4.92. The number of nitriles is 1. The van der Waals surface area contributed by atoms with Crippen molar-refractivity contribution in [3.8, 4) is 6.07 Å². The number of benzene rings is 1. The molecule has 0 radical (unpaired) electrons. The Balaban J connectivity index is 1.56. The normalized spacial score (nSPS) is 16.0. The Morgan fingerprint density at radius 1 is 1.30 bits per heavy atom. The van der Waals surface area contributed by atoms with Crippen LogP contribution in [0.2, 0.25) is 0 Å². The van der Waals surface area contributed by atoms with E-state index in [2.05, 4.69) is 31.8 Å². The monoisotopic (exact) mass is 368 g/mol. The van der Waals surface area contributed by atoms with Crippen molar-refractivity contribution in [1.82, 2.24) is 24.6 Å². The molecule has 3 rings (SSSR count). The van der Waals surface area contributed by atoms with Crippen LogP contribution in [0, 0.1) is 11.3 Å². The van der Waals surface area contributed by atoms with Gasteiger partial charge in [-0.3, -0.25) is 9.80 Å². The molecule has 2 aromatic rings. The topological polar surface area (TPSA) is 81.2 Å². The quantitative estimate of drug-likeness (QED) is 0.797. The molecule has 1 saturated heterocycles. The van der Waals surface area contributed by atoms with E-state index in [1.54, 1.807) is 0 Å². The van der Waals surface area contributed by atoms with E-state index < -0.39 is 0 Å². The molecular formula is C20H28N6O. The minimum atomic E-state index is 0.150. The third-order valence-electron chi connectivity index (χ3n) is 5.31. The number of likely N-dealkylation sites (N-methyl/N-ethyl adjacent to an activating group) is 1. The van der Waals surface area contributed by atoms with Gasteiger partial charge in [0.15, 0.2) is 0 Å². The predicted molar refractivity (Wildman–Crippen MR) is 103 cm³/mol. The first-order chi connectivity index (χ1) is 13.1. The molecule has 27 heavy (non-hydrogen) atoms. The fraction of sp³-hybridized carbons (Fsp3) is 0.550. The van der Waals surface area contributed by atoms with Gasteiger partial charge in [0, 0.05) is 26.1 Å². The number of rotatable bonds is 7. The van der Waals surface area contributed by atoms with Crippen molar-refractivity contribution in [2.75, 3.05) is 33.3 Å². The van der Waals surface area contributed by atoms with Crippen molar-refractivity contribution < 1.29 is 5.11 Å². The molecule has 1 N–H and O–H groups in total. The van der Waals surface area contributed by atoms with Crippen LogP contribution in [0.3, 0.4) is 0 Å². The van der Waals surface area contributed by atoms with E-state index in [1.807, 2.05) is 37.2 Å². The van der Waals surface area contributed by atoms with Gasteiger partial charge < -0.3 is 9.67 Å². The van der Waals surface area contributed by atoms with Crippen LogP contribution in [0.5, 0.6) is 0 Å². The van der Waals surface area contributed by atoms with Gasteiger partial charge in [-0.05, 0) is 50.7 Å². The van der Waals surface area contributed by atoms with Crippen LogP contribution in [0.4, 0.5) is 0 Å². The van der Waals surface area contributed by atoms with Crippen LogP contribution in [0.1, 0.15) is 41.5 Å². The Bertz CT molecular complexity index is 788. The van der Waals surface area contributed by atoms with Crippen molar-refractivity contribution >= 4 is 0 Å². The highest BCUT2D eigenvalue weighted by Crippen LogP contribution is 2.27. The lowest BCUT2D eigenvalue weighted by molar-refractivity contribution is 0.199. The van der Waals surface area contributed by atoms with Crippen molar-refractivity contribution in [2.45, 2.75) is 31.8 Å². The van der Waals surface area contributed by atoms with Crippen LogP contribution < -0.4 is 0 Å². The second-order valence-corrected chi connectivity index (χ2v) is 7.36. The summed E-state index contributed by atoms with van der Waals surface area (Å²) in [4.78, 5) is 4.49. The molecule has 7 heteroatoms. The molecule has 1 aromatic heterocycles. The summed E-state index contributed by atoms with van der Waals surface area (Å²) in [6.45, 7) is 4.41. The van der Waals surface area contributed by atoms with Crippen molar-refractivity contribution in [2.24, 2.45) is 7.05 Å². The molecule has 0 atom stereocenters. The van der Waals surface area contributed by atoms with Gasteiger partial charge in [-0.15, -0.1) is 10.2 Å². The molecule has 0 aliphatic carbocycles. The zero-order valence-electron chi connectivity index (χ0n) is 16.2. The van der Waals surface area contributed by atoms with E-state index in [1.165, 1.54) is 5.56 Å². The highest BCUT2D eigenvalue weighted by Gasteiger charge is 2.25. The van der Waals surface area contributed by atoms with Gasteiger partial charge in [0.2, 0.25) is 0 Å². The largest absolute Gasteiger partial charge is 0.395 e. The molecule has 1 aliphatic rings. The Morgan fingerprint density at radius 2 is 2.07 bits per heavy atom. The van der Waals surface area contributed by atoms with E-state index >= 15 is 0 Å². The molecule has 1 aliphatic heterocycles. The van der Waals surface area contributed by atoms with Crippen molar-refractivity contribution in [3.63, 3.8) is 0 Å². The van der Waals surface area contributed by atoms with Crippen LogP contribution in [-0.4, -0.2) is 63.0 Å². The van der Waals surface area contributed by atoms with Crippen molar-refractivity contribution in [1.29, 1.82) is 5.26 Å². The van der Waals surface area contributed by atoms with E-state index in [0.717, 1.165) is 49.7 Å². The highest BCUT2D eigenvalue weighted by atomic mass is 16.3. The number of aliphatic hydroxyl groups excluding tert-OH is 1. The SMILES string of the molecule is CN(CCO)Cc1nnc(C2CCN(Cc3cccc(C#N)c3)CC2)n1C. The summed E-state index contributed by atoms with van der Waals surface area (Å²) in [6, 6.07) is 10.1. The van der Waals surface area contributed by atoms with E-state index in [9.17, 15) is 0 Å². The number of hydrogen-bond donors (Lipinski definition) is 1. The maximum absolute atomic E-state index is 9.05. The van der Waals surface area contributed by atoms with Gasteiger partial charge in [-0.2, -0.15) is 5.26 Å². The van der Waals surface area contributed by atoms with Crippen LogP contribution in [0.15, 0.2) is 24.3 Å². The summed E-state index contributed by atoms with van der Waals surface area (Å²) in [7, 11) is 4.02. The van der Waals surface area contributed by atoms with Gasteiger partial charge >= 0.3 is 0 Å². The molecule has 1 fully saturated rings. The van der Waals surface area contributed by atoms with E-state index in [0.29, 0.717) is 19.0 Å². The minimum absolute atomic E-state index is 0.150. The predicted octanol–water partition coefficient (Wildman–Crippen LogP) is 1.49. The fourth-order valence-corrected chi connectivity index (χ4v) is 3.71. The van der Waals surface area contributed by atoms with Gasteiger partial charge in [0.05, 0.1) is 24.8 Å². The molecule has 144 valence electrons. The lowest BCUT2D eigenvalue weighted by atomic mass is 9.95. The van der Waals surface area contributed by atoms with Crippen molar-refractivity contribution in [3.05, 3.63) is 47.0 Å². The first-order valence-electron chi connectivity index (χ1n) is 9.49. The Kier molecular flexibility index (Phi) is 6.56. The number of aliphatic hydroxyl groups is 1. The maximum atomic E-state index is 9.05. The van der Waals surface area contributed by atoms with E-state index in [4.69, 9.17) is 10.4 Å². The molecule has 0 amide bonds. The van der Waals surface area contributed by atoms with Gasteiger partial charge in [0.1, 0.15) is 11.6 Å². The second kappa shape index (κ2) is 9.09. The number of nitrogens with zero attached hydrogens (tertiary/aromatic N) is 6. The Hall–Kier alpha value is -2.27. The molecule has 2 heterocycles. The Morgan fingerprint density at radius 3 is 2.78 bits per heavy atom. The summed E-state index contributed by atoms with van der Waals surface area (Å²) in [5, 5.41) is 26.9. The van der Waals surface area contributed by atoms with Gasteiger partial charge in [-0.25, -0.2) is 0 Å². The van der Waals surface area contributed by atoms with E-state index in [-0.39, 0.29) is 6.61 Å². The number of likely N-dealkylation sites (tertiary alicyclic amines) is 1. The average Bonchev–Trinajstić information content (AvgIpc) is 3.03. The first kappa shape index (κ1) is 19.5. The Labute approximate surface area is 160 Å². The molecule has 0 bridgehead atoms. The zero-order valence-corrected chi connectivity index (χ0v) is 16.2. The number of aromatic nitrogens is 3. The smallest absolute Gasteiger partial charge is 0.146 e. The average molecular weight is 368 g/mol. The molecule has 7 nitrogen and oxygen atoms in total. The zero-order chi connectivity index (χ0) is 19.2. The molecule has 0 unspecified atom stereocenters. The lowest BCUT2D eigenvalue weighted by Gasteiger charge is -2.31. The summed E-state index contributed by atoms with van der Waals surface area (Å²) in [6.07, 6.45) is 2.13. The molecule has 0 spiro atoms. The summed E-state index contributed by atoms with van der Waals surface area (Å²) < 4.78 is 2.12. The fourth-order valence-electron chi connectivity index (χ4n) is 3.71. The summed E-state index contributed by atoms with van der Waals surface area (Å²) in [5.41, 5.74) is 1.92. The molecule has 0 saturated carbocycles.